The second-order valence-corrected chi connectivity index (χ2v) is 10.1. The van der Waals surface area contributed by atoms with Crippen molar-refractivity contribution in [2.24, 2.45) is 0 Å². The quantitative estimate of drug-likeness (QED) is 0.394. The zero-order valence-corrected chi connectivity index (χ0v) is 19.5. The lowest BCUT2D eigenvalue weighted by molar-refractivity contribution is 0.102. The monoisotopic (exact) mass is 486 g/mol. The van der Waals surface area contributed by atoms with Crippen molar-refractivity contribution in [1.29, 1.82) is 0 Å². The molecule has 0 aliphatic carbocycles. The van der Waals surface area contributed by atoms with E-state index in [0.29, 0.717) is 10.0 Å². The van der Waals surface area contributed by atoms with Gasteiger partial charge in [0.25, 0.3) is 15.9 Å². The van der Waals surface area contributed by atoms with Crippen LogP contribution in [0, 0.1) is 6.92 Å². The van der Waals surface area contributed by atoms with Gasteiger partial charge in [0, 0.05) is 10.9 Å². The Morgan fingerprint density at radius 2 is 1.91 bits per heavy atom. The number of thiophene rings is 1. The number of hydrogen-bond acceptors (Lipinski definition) is 8. The second-order valence-electron chi connectivity index (χ2n) is 6.63. The molecular weight excluding hydrogens is 468 g/mol. The number of pyridine rings is 1. The maximum atomic E-state index is 13.0. The van der Waals surface area contributed by atoms with Gasteiger partial charge in [0.1, 0.15) is 15.7 Å². The first-order valence-electron chi connectivity index (χ1n) is 9.30. The topological polar surface area (TPSA) is 110 Å². The number of carbonyl (C=O) groups is 1. The number of ether oxygens (including phenoxy) is 1. The largest absolute Gasteiger partial charge is 0.480 e. The van der Waals surface area contributed by atoms with Crippen LogP contribution in [-0.2, 0) is 10.0 Å². The number of nitrogens with one attached hydrogen (secondary N) is 2. The zero-order valence-electron chi connectivity index (χ0n) is 17.0. The second kappa shape index (κ2) is 9.07. The summed E-state index contributed by atoms with van der Waals surface area (Å²) in [4.78, 5) is 20.9. The molecule has 0 spiro atoms. The summed E-state index contributed by atoms with van der Waals surface area (Å²) in [5.41, 5.74) is 2.13. The van der Waals surface area contributed by atoms with Crippen molar-refractivity contribution in [3.05, 3.63) is 70.7 Å². The van der Waals surface area contributed by atoms with E-state index in [2.05, 4.69) is 20.0 Å². The molecule has 3 aromatic heterocycles. The average molecular weight is 487 g/mol. The van der Waals surface area contributed by atoms with Gasteiger partial charge in [0.2, 0.25) is 5.88 Å². The highest BCUT2D eigenvalue weighted by atomic mass is 32.2. The van der Waals surface area contributed by atoms with Gasteiger partial charge in [-0.25, -0.2) is 18.4 Å². The van der Waals surface area contributed by atoms with E-state index >= 15 is 0 Å². The SMILES string of the molecule is COc1ncc(NC(=O)c2csc(-c3ccccc3)n2)cc1S(=O)(=O)Nc1sccc1C. The molecule has 0 atom stereocenters. The molecule has 4 rings (SSSR count). The van der Waals surface area contributed by atoms with Crippen LogP contribution < -0.4 is 14.8 Å². The molecule has 2 N–H and O–H groups in total. The predicted octanol–water partition coefficient (Wildman–Crippen LogP) is 4.64. The van der Waals surface area contributed by atoms with Crippen LogP contribution in [0.15, 0.2) is 64.3 Å². The number of nitrogens with zero attached hydrogens (tertiary/aromatic N) is 2. The highest BCUT2D eigenvalue weighted by molar-refractivity contribution is 7.93. The van der Waals surface area contributed by atoms with E-state index in [1.165, 1.54) is 42.0 Å². The minimum absolute atomic E-state index is 0.0790. The van der Waals surface area contributed by atoms with Crippen LogP contribution in [0.1, 0.15) is 16.1 Å². The molecule has 0 bridgehead atoms. The highest BCUT2D eigenvalue weighted by Crippen LogP contribution is 2.30. The zero-order chi connectivity index (χ0) is 22.7. The highest BCUT2D eigenvalue weighted by Gasteiger charge is 2.23. The van der Waals surface area contributed by atoms with Crippen molar-refractivity contribution in [2.45, 2.75) is 11.8 Å². The van der Waals surface area contributed by atoms with Crippen LogP contribution in [0.25, 0.3) is 10.6 Å². The van der Waals surface area contributed by atoms with E-state index in [0.717, 1.165) is 11.1 Å². The Hall–Kier alpha value is -3.28. The molecule has 0 saturated carbocycles. The molecule has 3 heterocycles. The summed E-state index contributed by atoms with van der Waals surface area (Å²) in [5, 5.41) is 7.30. The maximum Gasteiger partial charge on any atom is 0.275 e. The standard InChI is InChI=1S/C21H18N4O4S3/c1-13-8-9-30-20(13)25-32(27,28)17-10-15(11-22-19(17)29-2)23-18(26)16-12-31-21(24-16)14-6-4-3-5-7-14/h3-12,25H,1-2H3,(H,23,26). The van der Waals surface area contributed by atoms with Gasteiger partial charge in [0.05, 0.1) is 19.0 Å². The number of carbonyl (C=O) groups excluding carboxylic acids is 1. The molecule has 1 aromatic carbocycles. The number of thiazole rings is 1. The fourth-order valence-electron chi connectivity index (χ4n) is 2.79. The van der Waals surface area contributed by atoms with Gasteiger partial charge in [-0.1, -0.05) is 30.3 Å². The number of rotatable bonds is 7. The lowest BCUT2D eigenvalue weighted by Gasteiger charge is -2.12. The Bertz CT molecular complexity index is 1360. The van der Waals surface area contributed by atoms with E-state index < -0.39 is 15.9 Å². The Morgan fingerprint density at radius 3 is 2.59 bits per heavy atom. The average Bonchev–Trinajstić information content (AvgIpc) is 3.44. The molecule has 8 nitrogen and oxygen atoms in total. The number of anilines is 2. The van der Waals surface area contributed by atoms with Gasteiger partial charge < -0.3 is 10.1 Å². The first-order valence-corrected chi connectivity index (χ1v) is 12.5. The summed E-state index contributed by atoms with van der Waals surface area (Å²) in [6.45, 7) is 1.80. The fraction of sp³-hybridized carbons (Fsp3) is 0.0952. The Morgan fingerprint density at radius 1 is 1.12 bits per heavy atom. The third kappa shape index (κ3) is 4.64. The number of methoxy groups -OCH3 is 1. The summed E-state index contributed by atoms with van der Waals surface area (Å²) >= 11 is 2.61. The lowest BCUT2D eigenvalue weighted by Crippen LogP contribution is -2.17. The number of amides is 1. The molecule has 1 amide bonds. The normalized spacial score (nSPS) is 11.2. The first-order chi connectivity index (χ1) is 15.4. The minimum Gasteiger partial charge on any atom is -0.480 e. The number of aromatic nitrogens is 2. The number of sulfonamides is 1. The van der Waals surface area contributed by atoms with Crippen LogP contribution in [0.5, 0.6) is 5.88 Å². The van der Waals surface area contributed by atoms with Crippen molar-refractivity contribution in [3.8, 4) is 16.5 Å². The molecule has 0 radical (unpaired) electrons. The van der Waals surface area contributed by atoms with Crippen LogP contribution in [-0.4, -0.2) is 31.4 Å². The fourth-order valence-corrected chi connectivity index (χ4v) is 5.94. The molecule has 0 aliphatic heterocycles. The minimum atomic E-state index is -4.00. The maximum absolute atomic E-state index is 13.0. The molecule has 164 valence electrons. The molecule has 4 aromatic rings. The molecule has 0 fully saturated rings. The Labute approximate surface area is 193 Å². The van der Waals surface area contributed by atoms with E-state index in [-0.39, 0.29) is 22.2 Å². The third-order valence-electron chi connectivity index (χ3n) is 4.41. The molecule has 32 heavy (non-hydrogen) atoms. The van der Waals surface area contributed by atoms with E-state index in [1.807, 2.05) is 36.4 Å². The van der Waals surface area contributed by atoms with Gasteiger partial charge in [-0.05, 0) is 30.0 Å². The van der Waals surface area contributed by atoms with E-state index in [4.69, 9.17) is 4.74 Å². The van der Waals surface area contributed by atoms with Crippen LogP contribution in [0.4, 0.5) is 10.7 Å². The van der Waals surface area contributed by atoms with Crippen molar-refractivity contribution >= 4 is 49.3 Å². The van der Waals surface area contributed by atoms with Crippen LogP contribution in [0.3, 0.4) is 0 Å². The number of hydrogen-bond donors (Lipinski definition) is 2. The summed E-state index contributed by atoms with van der Waals surface area (Å²) in [5.74, 6) is -0.550. The first kappa shape index (κ1) is 21.9. The summed E-state index contributed by atoms with van der Waals surface area (Å²) in [6, 6.07) is 12.6. The van der Waals surface area contributed by atoms with Crippen molar-refractivity contribution < 1.29 is 17.9 Å². The molecule has 0 unspecified atom stereocenters. The third-order valence-corrected chi connectivity index (χ3v) is 7.70. The Kier molecular flexibility index (Phi) is 6.21. The molecule has 11 heteroatoms. The molecule has 0 aliphatic rings. The van der Waals surface area contributed by atoms with Crippen molar-refractivity contribution in [3.63, 3.8) is 0 Å². The number of aryl methyl sites for hydroxylation is 1. The van der Waals surface area contributed by atoms with Gasteiger partial charge >= 0.3 is 0 Å². The van der Waals surface area contributed by atoms with E-state index in [9.17, 15) is 13.2 Å². The van der Waals surface area contributed by atoms with Gasteiger partial charge in [-0.2, -0.15) is 0 Å². The van der Waals surface area contributed by atoms with Crippen LogP contribution in [0.2, 0.25) is 0 Å². The molecular formula is C21H18N4O4S3. The predicted molar refractivity (Wildman–Crippen MR) is 126 cm³/mol. The summed E-state index contributed by atoms with van der Waals surface area (Å²) in [7, 11) is -2.67. The van der Waals surface area contributed by atoms with Gasteiger partial charge in [0.15, 0.2) is 4.90 Å². The van der Waals surface area contributed by atoms with Crippen LogP contribution >= 0.6 is 22.7 Å². The molecule has 0 saturated heterocycles. The van der Waals surface area contributed by atoms with Crippen molar-refractivity contribution in [2.75, 3.05) is 17.1 Å². The van der Waals surface area contributed by atoms with Gasteiger partial charge in [-0.3, -0.25) is 9.52 Å². The Balaban J connectivity index is 1.58. The number of benzene rings is 1. The van der Waals surface area contributed by atoms with Crippen molar-refractivity contribution in [1.82, 2.24) is 9.97 Å². The summed E-state index contributed by atoms with van der Waals surface area (Å²) in [6.07, 6.45) is 1.33. The van der Waals surface area contributed by atoms with E-state index in [1.54, 1.807) is 17.7 Å². The smallest absolute Gasteiger partial charge is 0.275 e. The lowest BCUT2D eigenvalue weighted by atomic mass is 10.2. The van der Waals surface area contributed by atoms with Gasteiger partial charge in [-0.15, -0.1) is 22.7 Å². The summed E-state index contributed by atoms with van der Waals surface area (Å²) < 4.78 is 33.6.